The van der Waals surface area contributed by atoms with Crippen molar-refractivity contribution in [3.8, 4) is 0 Å². The molecule has 0 aliphatic rings. The molecule has 0 aromatic carbocycles. The van der Waals surface area contributed by atoms with E-state index in [1.165, 1.54) is 4.88 Å². The number of aliphatic hydroxyl groups is 1. The Hall–Kier alpha value is -1.13. The number of aryl methyl sites for hydroxylation is 2. The summed E-state index contributed by atoms with van der Waals surface area (Å²) in [5.41, 5.74) is 2.05. The van der Waals surface area contributed by atoms with Crippen LogP contribution in [0.2, 0.25) is 0 Å². The first-order valence-electron chi connectivity index (χ1n) is 4.89. The Kier molecular flexibility index (Phi) is 2.63. The quantitative estimate of drug-likeness (QED) is 0.847. The van der Waals surface area contributed by atoms with E-state index in [2.05, 4.69) is 22.5 Å². The molecule has 15 heavy (non-hydrogen) atoms. The van der Waals surface area contributed by atoms with Crippen molar-refractivity contribution in [2.24, 2.45) is 0 Å². The molecule has 80 valence electrons. The second kappa shape index (κ2) is 3.79. The summed E-state index contributed by atoms with van der Waals surface area (Å²) in [5.74, 6) is 0. The molecule has 0 spiro atoms. The van der Waals surface area contributed by atoms with Crippen LogP contribution >= 0.6 is 11.3 Å². The van der Waals surface area contributed by atoms with Crippen molar-refractivity contribution in [3.05, 3.63) is 28.5 Å². The summed E-state index contributed by atoms with van der Waals surface area (Å²) in [7, 11) is 0. The Labute approximate surface area is 92.7 Å². The Morgan fingerprint density at radius 2 is 2.27 bits per heavy atom. The standard InChI is InChI=1S/C11H14N2OS/c1-7(14)4-5-10-9(3)12-11-13(10)6-8(2)15-11/h4-7,14H,1-3H3/b5-4+. The zero-order chi connectivity index (χ0) is 11.0. The fraction of sp³-hybridized carbons (Fsp3) is 0.364. The molecule has 0 bridgehead atoms. The van der Waals surface area contributed by atoms with Gasteiger partial charge in [-0.25, -0.2) is 4.98 Å². The van der Waals surface area contributed by atoms with E-state index in [9.17, 15) is 5.11 Å². The van der Waals surface area contributed by atoms with Crippen LogP contribution in [0.3, 0.4) is 0 Å². The minimum absolute atomic E-state index is 0.422. The Bertz CT molecular complexity index is 508. The molecule has 4 heteroatoms. The zero-order valence-corrected chi connectivity index (χ0v) is 9.88. The van der Waals surface area contributed by atoms with E-state index >= 15 is 0 Å². The molecule has 2 aromatic rings. The monoisotopic (exact) mass is 222 g/mol. The number of fused-ring (bicyclic) bond motifs is 1. The van der Waals surface area contributed by atoms with E-state index in [0.29, 0.717) is 0 Å². The first kappa shape index (κ1) is 10.4. The van der Waals surface area contributed by atoms with Gasteiger partial charge < -0.3 is 5.11 Å². The number of thiazole rings is 1. The molecular weight excluding hydrogens is 208 g/mol. The number of hydrogen-bond donors (Lipinski definition) is 1. The molecule has 0 amide bonds. The third-order valence-corrected chi connectivity index (χ3v) is 3.09. The van der Waals surface area contributed by atoms with Gasteiger partial charge >= 0.3 is 0 Å². The van der Waals surface area contributed by atoms with Crippen LogP contribution in [-0.2, 0) is 0 Å². The topological polar surface area (TPSA) is 37.5 Å². The first-order valence-corrected chi connectivity index (χ1v) is 5.71. The smallest absolute Gasteiger partial charge is 0.194 e. The molecule has 3 nitrogen and oxygen atoms in total. The summed E-state index contributed by atoms with van der Waals surface area (Å²) in [4.78, 5) is 6.71. The Balaban J connectivity index is 2.52. The van der Waals surface area contributed by atoms with Crippen molar-refractivity contribution in [2.45, 2.75) is 26.9 Å². The van der Waals surface area contributed by atoms with E-state index in [4.69, 9.17) is 0 Å². The van der Waals surface area contributed by atoms with Gasteiger partial charge in [0.05, 0.1) is 17.5 Å². The van der Waals surface area contributed by atoms with Crippen LogP contribution in [0.1, 0.15) is 23.2 Å². The van der Waals surface area contributed by atoms with E-state index in [1.54, 1.807) is 24.3 Å². The summed E-state index contributed by atoms with van der Waals surface area (Å²) in [6, 6.07) is 0. The second-order valence-electron chi connectivity index (χ2n) is 3.68. The van der Waals surface area contributed by atoms with Crippen molar-refractivity contribution >= 4 is 22.4 Å². The molecule has 0 radical (unpaired) electrons. The average molecular weight is 222 g/mol. The van der Waals surface area contributed by atoms with Gasteiger partial charge in [0.15, 0.2) is 4.96 Å². The number of imidazole rings is 1. The molecule has 1 atom stereocenters. The maximum Gasteiger partial charge on any atom is 0.194 e. The number of nitrogens with zero attached hydrogens (tertiary/aromatic N) is 2. The summed E-state index contributed by atoms with van der Waals surface area (Å²) in [6.07, 6.45) is 5.34. The predicted molar refractivity (Wildman–Crippen MR) is 63.3 cm³/mol. The van der Waals surface area contributed by atoms with E-state index in [0.717, 1.165) is 16.3 Å². The minimum atomic E-state index is -0.422. The van der Waals surface area contributed by atoms with Crippen LogP contribution in [0.5, 0.6) is 0 Å². The summed E-state index contributed by atoms with van der Waals surface area (Å²) >= 11 is 1.68. The number of aliphatic hydroxyl groups excluding tert-OH is 1. The van der Waals surface area contributed by atoms with Crippen molar-refractivity contribution < 1.29 is 5.11 Å². The van der Waals surface area contributed by atoms with Crippen molar-refractivity contribution in [1.29, 1.82) is 0 Å². The molecule has 1 N–H and O–H groups in total. The molecule has 0 fully saturated rings. The Morgan fingerprint density at radius 1 is 1.53 bits per heavy atom. The van der Waals surface area contributed by atoms with Crippen LogP contribution in [0.4, 0.5) is 0 Å². The fourth-order valence-electron chi connectivity index (χ4n) is 1.51. The third-order valence-electron chi connectivity index (χ3n) is 2.20. The van der Waals surface area contributed by atoms with Gasteiger partial charge in [-0.3, -0.25) is 4.40 Å². The van der Waals surface area contributed by atoms with Crippen LogP contribution in [0.25, 0.3) is 11.0 Å². The average Bonchev–Trinajstić information content (AvgIpc) is 2.57. The largest absolute Gasteiger partial charge is 0.389 e. The predicted octanol–water partition coefficient (Wildman–Crippen LogP) is 2.41. The number of rotatable bonds is 2. The van der Waals surface area contributed by atoms with Gasteiger partial charge in [0.1, 0.15) is 0 Å². The summed E-state index contributed by atoms with van der Waals surface area (Å²) < 4.78 is 2.06. The molecule has 2 heterocycles. The molecule has 0 saturated carbocycles. The highest BCUT2D eigenvalue weighted by molar-refractivity contribution is 7.17. The van der Waals surface area contributed by atoms with Gasteiger partial charge in [-0.1, -0.05) is 6.08 Å². The molecule has 2 rings (SSSR count). The maximum atomic E-state index is 9.21. The van der Waals surface area contributed by atoms with E-state index in [1.807, 2.05) is 13.0 Å². The maximum absolute atomic E-state index is 9.21. The lowest BCUT2D eigenvalue weighted by molar-refractivity contribution is 0.245. The summed E-state index contributed by atoms with van der Waals surface area (Å²) in [5, 5.41) is 9.21. The molecule has 1 unspecified atom stereocenters. The van der Waals surface area contributed by atoms with E-state index < -0.39 is 6.10 Å². The highest BCUT2D eigenvalue weighted by atomic mass is 32.1. The van der Waals surface area contributed by atoms with Crippen LogP contribution in [-0.4, -0.2) is 20.6 Å². The van der Waals surface area contributed by atoms with Gasteiger partial charge in [0.25, 0.3) is 0 Å². The lowest BCUT2D eigenvalue weighted by Gasteiger charge is -1.95. The van der Waals surface area contributed by atoms with Gasteiger partial charge in [-0.2, -0.15) is 0 Å². The van der Waals surface area contributed by atoms with Crippen LogP contribution < -0.4 is 0 Å². The molecule has 0 aliphatic carbocycles. The Morgan fingerprint density at radius 3 is 2.93 bits per heavy atom. The highest BCUT2D eigenvalue weighted by Gasteiger charge is 2.08. The van der Waals surface area contributed by atoms with E-state index in [-0.39, 0.29) is 0 Å². The SMILES string of the molecule is Cc1cn2c(/C=C/C(C)O)c(C)nc2s1. The number of hydrogen-bond acceptors (Lipinski definition) is 3. The first-order chi connectivity index (χ1) is 7.08. The van der Waals surface area contributed by atoms with Gasteiger partial charge in [0.2, 0.25) is 0 Å². The zero-order valence-electron chi connectivity index (χ0n) is 9.06. The van der Waals surface area contributed by atoms with Gasteiger partial charge in [-0.05, 0) is 26.8 Å². The molecule has 0 aliphatic heterocycles. The highest BCUT2D eigenvalue weighted by Crippen LogP contribution is 2.21. The van der Waals surface area contributed by atoms with Crippen LogP contribution in [0.15, 0.2) is 12.3 Å². The fourth-order valence-corrected chi connectivity index (χ4v) is 2.39. The lowest BCUT2D eigenvalue weighted by Crippen LogP contribution is -1.92. The third kappa shape index (κ3) is 1.96. The van der Waals surface area contributed by atoms with Gasteiger partial charge in [-0.15, -0.1) is 11.3 Å². The van der Waals surface area contributed by atoms with Crippen molar-refractivity contribution in [2.75, 3.05) is 0 Å². The molecular formula is C11H14N2OS. The number of aromatic nitrogens is 2. The molecule has 2 aromatic heterocycles. The van der Waals surface area contributed by atoms with Crippen molar-refractivity contribution in [3.63, 3.8) is 0 Å². The lowest BCUT2D eigenvalue weighted by atomic mass is 10.3. The van der Waals surface area contributed by atoms with Gasteiger partial charge in [0, 0.05) is 11.1 Å². The van der Waals surface area contributed by atoms with Crippen LogP contribution in [0, 0.1) is 13.8 Å². The molecule has 0 saturated heterocycles. The normalized spacial score (nSPS) is 14.1. The van der Waals surface area contributed by atoms with Crippen molar-refractivity contribution in [1.82, 2.24) is 9.38 Å². The second-order valence-corrected chi connectivity index (χ2v) is 4.89. The summed E-state index contributed by atoms with van der Waals surface area (Å²) in [6.45, 7) is 5.79. The minimum Gasteiger partial charge on any atom is -0.389 e.